The number of hydrogen-bond donors (Lipinski definition) is 0. The third-order valence-electron chi connectivity index (χ3n) is 5.00. The standard InChI is InChI=1S/C21H19F3N6/c1-14-10-25-12-29(14)18-8-4-6-15(27-18)20(2,3)16-7-5-9-19(28-16)30-13-26-11-17(30)21(22,23)24/h4-13H,1-3H3. The molecule has 4 aromatic heterocycles. The summed E-state index contributed by atoms with van der Waals surface area (Å²) < 4.78 is 42.6. The van der Waals surface area contributed by atoms with Crippen molar-refractivity contribution < 1.29 is 13.2 Å². The molecular formula is C21H19F3N6. The van der Waals surface area contributed by atoms with Crippen LogP contribution in [0.4, 0.5) is 13.2 Å². The Morgan fingerprint density at radius 3 is 1.83 bits per heavy atom. The fourth-order valence-corrected chi connectivity index (χ4v) is 3.23. The molecule has 0 aliphatic heterocycles. The van der Waals surface area contributed by atoms with Crippen LogP contribution in [0.1, 0.15) is 36.6 Å². The maximum absolute atomic E-state index is 13.3. The first-order valence-corrected chi connectivity index (χ1v) is 9.22. The zero-order chi connectivity index (χ0) is 21.5. The normalized spacial score (nSPS) is 12.3. The lowest BCUT2D eigenvalue weighted by molar-refractivity contribution is -0.142. The van der Waals surface area contributed by atoms with Crippen LogP contribution in [0, 0.1) is 6.92 Å². The van der Waals surface area contributed by atoms with Gasteiger partial charge in [-0.3, -0.25) is 9.13 Å². The minimum Gasteiger partial charge on any atom is -0.288 e. The van der Waals surface area contributed by atoms with Crippen molar-refractivity contribution in [3.8, 4) is 11.6 Å². The van der Waals surface area contributed by atoms with Gasteiger partial charge in [0.1, 0.15) is 30.0 Å². The molecule has 4 heterocycles. The van der Waals surface area contributed by atoms with Gasteiger partial charge in [-0.15, -0.1) is 0 Å². The minimum atomic E-state index is -4.53. The Morgan fingerprint density at radius 1 is 0.767 bits per heavy atom. The van der Waals surface area contributed by atoms with Crippen LogP contribution in [0.15, 0.2) is 61.4 Å². The zero-order valence-electron chi connectivity index (χ0n) is 16.6. The van der Waals surface area contributed by atoms with Gasteiger partial charge < -0.3 is 0 Å². The van der Waals surface area contributed by atoms with Gasteiger partial charge in [0.25, 0.3) is 0 Å². The van der Waals surface area contributed by atoms with E-state index in [1.165, 1.54) is 6.07 Å². The molecule has 0 atom stereocenters. The second-order valence-corrected chi connectivity index (χ2v) is 7.44. The van der Waals surface area contributed by atoms with E-state index >= 15 is 0 Å². The Morgan fingerprint density at radius 2 is 1.30 bits per heavy atom. The highest BCUT2D eigenvalue weighted by molar-refractivity contribution is 5.37. The summed E-state index contributed by atoms with van der Waals surface area (Å²) in [6.45, 7) is 5.80. The summed E-state index contributed by atoms with van der Waals surface area (Å²) in [7, 11) is 0. The highest BCUT2D eigenvalue weighted by Crippen LogP contribution is 2.32. The van der Waals surface area contributed by atoms with E-state index in [0.717, 1.165) is 28.5 Å². The van der Waals surface area contributed by atoms with Crippen molar-refractivity contribution >= 4 is 0 Å². The number of pyridine rings is 2. The Hall–Kier alpha value is -3.49. The molecule has 0 amide bonds. The van der Waals surface area contributed by atoms with E-state index in [2.05, 4.69) is 15.0 Å². The van der Waals surface area contributed by atoms with Crippen molar-refractivity contribution in [1.29, 1.82) is 0 Å². The molecule has 6 nitrogen and oxygen atoms in total. The Labute approximate surface area is 171 Å². The van der Waals surface area contributed by atoms with E-state index in [-0.39, 0.29) is 5.82 Å². The third kappa shape index (κ3) is 3.47. The minimum absolute atomic E-state index is 0.145. The molecule has 30 heavy (non-hydrogen) atoms. The van der Waals surface area contributed by atoms with Gasteiger partial charge in [-0.2, -0.15) is 13.2 Å². The van der Waals surface area contributed by atoms with Crippen molar-refractivity contribution in [2.45, 2.75) is 32.4 Å². The molecule has 0 aromatic carbocycles. The van der Waals surface area contributed by atoms with Crippen molar-refractivity contribution in [2.75, 3.05) is 0 Å². The number of rotatable bonds is 4. The highest BCUT2D eigenvalue weighted by atomic mass is 19.4. The summed E-state index contributed by atoms with van der Waals surface area (Å²) in [6, 6.07) is 10.6. The van der Waals surface area contributed by atoms with Crippen LogP contribution in [-0.4, -0.2) is 29.1 Å². The number of halogens is 3. The first-order valence-electron chi connectivity index (χ1n) is 9.22. The molecule has 0 aliphatic rings. The molecule has 4 aromatic rings. The number of aryl methyl sites for hydroxylation is 1. The predicted molar refractivity (Wildman–Crippen MR) is 105 cm³/mol. The predicted octanol–water partition coefficient (Wildman–Crippen LogP) is 4.50. The number of nitrogens with zero attached hydrogens (tertiary/aromatic N) is 6. The molecule has 154 valence electrons. The summed E-state index contributed by atoms with van der Waals surface area (Å²) in [6.07, 6.45) is 0.807. The summed E-state index contributed by atoms with van der Waals surface area (Å²) >= 11 is 0. The molecular weight excluding hydrogens is 393 g/mol. The second kappa shape index (κ2) is 7.08. The van der Waals surface area contributed by atoms with Gasteiger partial charge in [-0.25, -0.2) is 19.9 Å². The van der Waals surface area contributed by atoms with Crippen LogP contribution in [0.2, 0.25) is 0 Å². The fourth-order valence-electron chi connectivity index (χ4n) is 3.23. The van der Waals surface area contributed by atoms with Crippen molar-refractivity contribution in [2.24, 2.45) is 0 Å². The van der Waals surface area contributed by atoms with Crippen molar-refractivity contribution in [3.63, 3.8) is 0 Å². The van der Waals surface area contributed by atoms with Crippen LogP contribution in [-0.2, 0) is 11.6 Å². The van der Waals surface area contributed by atoms with Gasteiger partial charge in [0.15, 0.2) is 0 Å². The Balaban J connectivity index is 1.76. The number of alkyl halides is 3. The lowest BCUT2D eigenvalue weighted by Crippen LogP contribution is -2.23. The van der Waals surface area contributed by atoms with Crippen LogP contribution >= 0.6 is 0 Å². The molecule has 9 heteroatoms. The zero-order valence-corrected chi connectivity index (χ0v) is 16.6. The van der Waals surface area contributed by atoms with E-state index in [0.29, 0.717) is 11.5 Å². The first-order chi connectivity index (χ1) is 14.2. The number of imidazole rings is 2. The number of aromatic nitrogens is 6. The second-order valence-electron chi connectivity index (χ2n) is 7.44. The van der Waals surface area contributed by atoms with Crippen LogP contribution in [0.25, 0.3) is 11.6 Å². The van der Waals surface area contributed by atoms with E-state index in [4.69, 9.17) is 4.98 Å². The lowest BCUT2D eigenvalue weighted by Gasteiger charge is -2.25. The summed E-state index contributed by atoms with van der Waals surface area (Å²) in [5.74, 6) is 0.854. The van der Waals surface area contributed by atoms with Gasteiger partial charge in [0, 0.05) is 17.3 Å². The fraction of sp³-hybridized carbons (Fsp3) is 0.238. The number of hydrogen-bond acceptors (Lipinski definition) is 4. The van der Waals surface area contributed by atoms with Crippen LogP contribution in [0.3, 0.4) is 0 Å². The Bertz CT molecular complexity index is 1190. The molecule has 0 unspecified atom stereocenters. The molecule has 0 saturated carbocycles. The van der Waals surface area contributed by atoms with E-state index in [1.54, 1.807) is 24.7 Å². The van der Waals surface area contributed by atoms with Crippen molar-refractivity contribution in [1.82, 2.24) is 29.1 Å². The highest BCUT2D eigenvalue weighted by Gasteiger charge is 2.35. The lowest BCUT2D eigenvalue weighted by atomic mass is 9.84. The van der Waals surface area contributed by atoms with Gasteiger partial charge in [0.2, 0.25) is 0 Å². The maximum Gasteiger partial charge on any atom is 0.433 e. The smallest absolute Gasteiger partial charge is 0.288 e. The molecule has 0 spiro atoms. The SMILES string of the molecule is Cc1cncn1-c1cccc(C(C)(C)c2cccc(-n3cncc3C(F)(F)F)n2)n1. The van der Waals surface area contributed by atoms with E-state index < -0.39 is 17.3 Å². The summed E-state index contributed by atoms with van der Waals surface area (Å²) in [4.78, 5) is 17.0. The summed E-state index contributed by atoms with van der Waals surface area (Å²) in [5, 5.41) is 0. The van der Waals surface area contributed by atoms with Gasteiger partial charge >= 0.3 is 6.18 Å². The van der Waals surface area contributed by atoms with Crippen LogP contribution in [0.5, 0.6) is 0 Å². The van der Waals surface area contributed by atoms with Crippen molar-refractivity contribution in [3.05, 3.63) is 84.2 Å². The first kappa shape index (κ1) is 19.8. The maximum atomic E-state index is 13.3. The molecule has 0 N–H and O–H groups in total. The molecule has 0 bridgehead atoms. The van der Waals surface area contributed by atoms with Gasteiger partial charge in [-0.05, 0) is 45.0 Å². The van der Waals surface area contributed by atoms with Crippen LogP contribution < -0.4 is 0 Å². The third-order valence-corrected chi connectivity index (χ3v) is 5.00. The molecule has 0 fully saturated rings. The topological polar surface area (TPSA) is 61.4 Å². The molecule has 4 rings (SSSR count). The largest absolute Gasteiger partial charge is 0.433 e. The Kier molecular flexibility index (Phi) is 4.68. The quantitative estimate of drug-likeness (QED) is 0.495. The van der Waals surface area contributed by atoms with E-state index in [9.17, 15) is 13.2 Å². The summed E-state index contributed by atoms with van der Waals surface area (Å²) in [5.41, 5.74) is 0.741. The molecule has 0 aliphatic carbocycles. The molecule has 0 saturated heterocycles. The van der Waals surface area contributed by atoms with E-state index in [1.807, 2.05) is 43.5 Å². The average molecular weight is 412 g/mol. The molecule has 0 radical (unpaired) electrons. The monoisotopic (exact) mass is 412 g/mol. The average Bonchev–Trinajstić information content (AvgIpc) is 3.37. The van der Waals surface area contributed by atoms with Gasteiger partial charge in [0.05, 0.1) is 17.6 Å². The van der Waals surface area contributed by atoms with Gasteiger partial charge in [-0.1, -0.05) is 12.1 Å².